The molecule has 116 valence electrons. The van der Waals surface area contributed by atoms with Gasteiger partial charge in [0, 0.05) is 32.0 Å². The Labute approximate surface area is 126 Å². The van der Waals surface area contributed by atoms with E-state index in [2.05, 4.69) is 60.4 Å². The van der Waals surface area contributed by atoms with Crippen LogP contribution in [0.15, 0.2) is 18.6 Å². The van der Waals surface area contributed by atoms with Crippen molar-refractivity contribution in [3.8, 4) is 0 Å². The summed E-state index contributed by atoms with van der Waals surface area (Å²) in [5.41, 5.74) is 1.01. The second-order valence-electron chi connectivity index (χ2n) is 6.42. The minimum atomic E-state index is 0.156. The van der Waals surface area contributed by atoms with Crippen molar-refractivity contribution in [3.05, 3.63) is 18.6 Å². The maximum absolute atomic E-state index is 4.63. The summed E-state index contributed by atoms with van der Waals surface area (Å²) in [6.07, 6.45) is 5.69. The lowest BCUT2D eigenvalue weighted by Gasteiger charge is -2.28. The van der Waals surface area contributed by atoms with Crippen LogP contribution in [0.1, 0.15) is 20.8 Å². The zero-order valence-corrected chi connectivity index (χ0v) is 13.6. The summed E-state index contributed by atoms with van der Waals surface area (Å²) >= 11 is 0. The molecule has 0 atom stereocenters. The van der Waals surface area contributed by atoms with Crippen molar-refractivity contribution >= 4 is 17.3 Å². The Balaban J connectivity index is 2.18. The minimum absolute atomic E-state index is 0.156. The van der Waals surface area contributed by atoms with Crippen molar-refractivity contribution < 1.29 is 0 Å². The van der Waals surface area contributed by atoms with Gasteiger partial charge >= 0.3 is 0 Å². The van der Waals surface area contributed by atoms with Crippen LogP contribution in [-0.2, 0) is 0 Å². The maximum Gasteiger partial charge on any atom is 0.180 e. The second kappa shape index (κ2) is 6.30. The van der Waals surface area contributed by atoms with E-state index in [1.54, 1.807) is 6.20 Å². The largest absolute Gasteiger partial charge is 0.369 e. The van der Waals surface area contributed by atoms with Crippen molar-refractivity contribution in [2.24, 2.45) is 5.41 Å². The molecule has 0 spiro atoms. The van der Waals surface area contributed by atoms with Gasteiger partial charge < -0.3 is 19.9 Å². The van der Waals surface area contributed by atoms with Crippen LogP contribution in [0.25, 0.3) is 5.65 Å². The number of hydrogen-bond acceptors (Lipinski definition) is 5. The fourth-order valence-electron chi connectivity index (χ4n) is 2.55. The molecule has 6 heteroatoms. The Morgan fingerprint density at radius 3 is 2.71 bits per heavy atom. The average molecular weight is 290 g/mol. The molecule has 0 aliphatic carbocycles. The lowest BCUT2D eigenvalue weighted by molar-refractivity contribution is 0.254. The SMILES string of the molecule is CCNc1cn2ccnc2c(NCC(C)(C)CN(C)C)n1. The molecule has 0 aliphatic heterocycles. The maximum atomic E-state index is 4.63. The fraction of sp³-hybridized carbons (Fsp3) is 0.600. The third-order valence-corrected chi connectivity index (χ3v) is 3.21. The number of nitrogens with zero attached hydrogens (tertiary/aromatic N) is 4. The van der Waals surface area contributed by atoms with Crippen molar-refractivity contribution in [1.82, 2.24) is 19.3 Å². The third kappa shape index (κ3) is 4.07. The van der Waals surface area contributed by atoms with Gasteiger partial charge in [-0.1, -0.05) is 13.8 Å². The number of imidazole rings is 1. The predicted octanol–water partition coefficient (Wildman–Crippen LogP) is 2.16. The molecule has 2 heterocycles. The van der Waals surface area contributed by atoms with Gasteiger partial charge in [-0.05, 0) is 26.4 Å². The van der Waals surface area contributed by atoms with E-state index in [0.717, 1.165) is 36.9 Å². The van der Waals surface area contributed by atoms with E-state index >= 15 is 0 Å². The van der Waals surface area contributed by atoms with Gasteiger partial charge in [0.15, 0.2) is 11.5 Å². The number of rotatable bonds is 7. The minimum Gasteiger partial charge on any atom is -0.369 e. The summed E-state index contributed by atoms with van der Waals surface area (Å²) in [7, 11) is 4.19. The molecular weight excluding hydrogens is 264 g/mol. The van der Waals surface area contributed by atoms with Crippen LogP contribution in [0.4, 0.5) is 11.6 Å². The number of fused-ring (bicyclic) bond motifs is 1. The average Bonchev–Trinajstić information content (AvgIpc) is 2.83. The molecule has 0 amide bonds. The van der Waals surface area contributed by atoms with Crippen molar-refractivity contribution in [2.75, 3.05) is 44.4 Å². The molecule has 2 aromatic rings. The topological polar surface area (TPSA) is 57.5 Å². The number of hydrogen-bond donors (Lipinski definition) is 2. The molecule has 2 N–H and O–H groups in total. The van der Waals surface area contributed by atoms with Gasteiger partial charge in [0.1, 0.15) is 5.82 Å². The second-order valence-corrected chi connectivity index (χ2v) is 6.42. The number of aromatic nitrogens is 3. The van der Waals surface area contributed by atoms with Crippen molar-refractivity contribution in [1.29, 1.82) is 0 Å². The Bertz CT molecular complexity index is 587. The first kappa shape index (κ1) is 15.6. The summed E-state index contributed by atoms with van der Waals surface area (Å²) in [4.78, 5) is 11.2. The van der Waals surface area contributed by atoms with Crippen LogP contribution in [0, 0.1) is 5.41 Å². The van der Waals surface area contributed by atoms with Gasteiger partial charge in [-0.2, -0.15) is 0 Å². The molecule has 0 saturated heterocycles. The van der Waals surface area contributed by atoms with Crippen molar-refractivity contribution in [2.45, 2.75) is 20.8 Å². The van der Waals surface area contributed by atoms with E-state index in [-0.39, 0.29) is 5.41 Å². The monoisotopic (exact) mass is 290 g/mol. The molecule has 2 aromatic heterocycles. The van der Waals surface area contributed by atoms with Crippen LogP contribution in [0.5, 0.6) is 0 Å². The molecule has 0 fully saturated rings. The van der Waals surface area contributed by atoms with Crippen LogP contribution < -0.4 is 10.6 Å². The van der Waals surface area contributed by atoms with E-state index in [9.17, 15) is 0 Å². The van der Waals surface area contributed by atoms with Crippen molar-refractivity contribution in [3.63, 3.8) is 0 Å². The molecular formula is C15H26N6. The van der Waals surface area contributed by atoms with Crippen LogP contribution >= 0.6 is 0 Å². The van der Waals surface area contributed by atoms with E-state index in [1.165, 1.54) is 0 Å². The Hall–Kier alpha value is -1.82. The highest BCUT2D eigenvalue weighted by molar-refractivity contribution is 5.65. The quantitative estimate of drug-likeness (QED) is 0.818. The Morgan fingerprint density at radius 2 is 2.05 bits per heavy atom. The summed E-state index contributed by atoms with van der Waals surface area (Å²) in [5.74, 6) is 1.68. The van der Waals surface area contributed by atoms with E-state index < -0.39 is 0 Å². The van der Waals surface area contributed by atoms with Gasteiger partial charge in [-0.25, -0.2) is 9.97 Å². The molecule has 0 aromatic carbocycles. The van der Waals surface area contributed by atoms with Gasteiger partial charge in [0.25, 0.3) is 0 Å². The zero-order valence-electron chi connectivity index (χ0n) is 13.6. The lowest BCUT2D eigenvalue weighted by atomic mass is 9.93. The van der Waals surface area contributed by atoms with Crippen LogP contribution in [-0.4, -0.2) is 53.0 Å². The molecule has 0 radical (unpaired) electrons. The molecule has 0 saturated carbocycles. The smallest absolute Gasteiger partial charge is 0.180 e. The van der Waals surface area contributed by atoms with Gasteiger partial charge in [0.05, 0.1) is 6.20 Å². The first-order valence-electron chi connectivity index (χ1n) is 7.37. The number of anilines is 2. The van der Waals surface area contributed by atoms with Gasteiger partial charge in [-0.15, -0.1) is 0 Å². The van der Waals surface area contributed by atoms with Crippen LogP contribution in [0.3, 0.4) is 0 Å². The van der Waals surface area contributed by atoms with Gasteiger partial charge in [0.2, 0.25) is 0 Å². The predicted molar refractivity (Wildman–Crippen MR) is 88.0 cm³/mol. The summed E-state index contributed by atoms with van der Waals surface area (Å²) in [6, 6.07) is 0. The molecule has 0 unspecified atom stereocenters. The molecule has 0 bridgehead atoms. The summed E-state index contributed by atoms with van der Waals surface area (Å²) < 4.78 is 1.99. The molecule has 6 nitrogen and oxygen atoms in total. The van der Waals surface area contributed by atoms with Gasteiger partial charge in [-0.3, -0.25) is 0 Å². The number of nitrogens with one attached hydrogen (secondary N) is 2. The third-order valence-electron chi connectivity index (χ3n) is 3.21. The highest BCUT2D eigenvalue weighted by Crippen LogP contribution is 2.20. The first-order chi connectivity index (χ1) is 9.91. The molecule has 2 rings (SSSR count). The first-order valence-corrected chi connectivity index (χ1v) is 7.37. The van der Waals surface area contributed by atoms with E-state index in [0.29, 0.717) is 0 Å². The Kier molecular flexibility index (Phi) is 4.67. The highest BCUT2D eigenvalue weighted by Gasteiger charge is 2.19. The normalized spacial score (nSPS) is 12.1. The van der Waals surface area contributed by atoms with E-state index in [1.807, 2.05) is 16.8 Å². The molecule has 21 heavy (non-hydrogen) atoms. The zero-order chi connectivity index (χ0) is 15.5. The molecule has 0 aliphatic rings. The van der Waals surface area contributed by atoms with Crippen LogP contribution in [0.2, 0.25) is 0 Å². The lowest BCUT2D eigenvalue weighted by Crippen LogP contribution is -2.34. The van der Waals surface area contributed by atoms with E-state index in [4.69, 9.17) is 0 Å². The Morgan fingerprint density at radius 1 is 1.29 bits per heavy atom. The highest BCUT2D eigenvalue weighted by atomic mass is 15.1. The summed E-state index contributed by atoms with van der Waals surface area (Å²) in [6.45, 7) is 9.26. The standard InChI is InChI=1S/C15H26N6/c1-6-16-12-9-21-8-7-17-14(21)13(19-12)18-10-15(2,3)11-20(4)5/h7-9,16H,6,10-11H2,1-5H3,(H,18,19). The summed E-state index contributed by atoms with van der Waals surface area (Å²) in [5, 5.41) is 6.71. The fourth-order valence-corrected chi connectivity index (χ4v) is 2.55.